The highest BCUT2D eigenvalue weighted by atomic mass is 16.5. The summed E-state index contributed by atoms with van der Waals surface area (Å²) in [5, 5.41) is 21.0. The first-order chi connectivity index (χ1) is 16.4. The number of nitrogens with zero attached hydrogens (tertiary/aromatic N) is 6. The van der Waals surface area contributed by atoms with Gasteiger partial charge in [-0.05, 0) is 25.0 Å². The van der Waals surface area contributed by atoms with Gasteiger partial charge in [-0.1, -0.05) is 6.07 Å². The molecule has 12 heteroatoms. The minimum absolute atomic E-state index is 0.0739. The van der Waals surface area contributed by atoms with Gasteiger partial charge in [0.15, 0.2) is 23.1 Å². The molecular formula is C22H25N9O3. The van der Waals surface area contributed by atoms with E-state index in [4.69, 9.17) is 4.74 Å². The number of amides is 3. The van der Waals surface area contributed by atoms with E-state index in [0.29, 0.717) is 33.9 Å². The maximum Gasteiger partial charge on any atom is 0.323 e. The zero-order valence-electron chi connectivity index (χ0n) is 19.1. The molecule has 3 N–H and O–H groups in total. The molecule has 0 atom stereocenters. The van der Waals surface area contributed by atoms with Crippen LogP contribution in [0, 0.1) is 5.41 Å². The van der Waals surface area contributed by atoms with E-state index in [2.05, 4.69) is 36.2 Å². The maximum atomic E-state index is 12.6. The summed E-state index contributed by atoms with van der Waals surface area (Å²) < 4.78 is 7.25. The number of methoxy groups -OCH3 is 1. The molecule has 1 spiro atoms. The highest BCUT2D eigenvalue weighted by Crippen LogP contribution is 2.52. The molecule has 2 aromatic heterocycles. The number of aryl methyl sites for hydroxylation is 1. The third kappa shape index (κ3) is 3.98. The zero-order chi connectivity index (χ0) is 23.9. The zero-order valence-corrected chi connectivity index (χ0v) is 19.1. The van der Waals surface area contributed by atoms with E-state index in [0.717, 1.165) is 13.1 Å². The van der Waals surface area contributed by atoms with Gasteiger partial charge in [-0.3, -0.25) is 14.8 Å². The number of nitrogens with one attached hydrogen (secondary N) is 3. The number of carbonyl (C=O) groups is 2. The molecule has 0 bridgehead atoms. The second-order valence-corrected chi connectivity index (χ2v) is 8.61. The number of anilines is 3. The Morgan fingerprint density at radius 2 is 1.94 bits per heavy atom. The van der Waals surface area contributed by atoms with E-state index in [1.165, 1.54) is 19.9 Å². The van der Waals surface area contributed by atoms with Gasteiger partial charge in [0.25, 0.3) is 5.91 Å². The van der Waals surface area contributed by atoms with E-state index in [9.17, 15) is 9.59 Å². The SMILES string of the molecule is CNC(=O)c1nnc(NC(=O)N2CC3(CC3)C2)cc1Nc1cccc(-c2ncn(C)n2)c1OC. The van der Waals surface area contributed by atoms with Crippen LogP contribution in [0.25, 0.3) is 11.4 Å². The summed E-state index contributed by atoms with van der Waals surface area (Å²) in [5.74, 6) is 0.804. The summed E-state index contributed by atoms with van der Waals surface area (Å²) >= 11 is 0. The lowest BCUT2D eigenvalue weighted by Crippen LogP contribution is -2.53. The highest BCUT2D eigenvalue weighted by molar-refractivity contribution is 5.99. The van der Waals surface area contributed by atoms with Crippen molar-refractivity contribution < 1.29 is 14.3 Å². The Labute approximate surface area is 195 Å². The molecule has 2 aliphatic rings. The van der Waals surface area contributed by atoms with Gasteiger partial charge in [0.1, 0.15) is 6.33 Å². The Balaban J connectivity index is 1.44. The Morgan fingerprint density at radius 1 is 1.15 bits per heavy atom. The van der Waals surface area contributed by atoms with Gasteiger partial charge in [0.05, 0.1) is 24.0 Å². The number of benzene rings is 1. The van der Waals surface area contributed by atoms with Crippen LogP contribution in [0.4, 0.5) is 22.0 Å². The molecule has 3 amide bonds. The van der Waals surface area contributed by atoms with E-state index in [1.54, 1.807) is 42.2 Å². The lowest BCUT2D eigenvalue weighted by Gasteiger charge is -2.39. The van der Waals surface area contributed by atoms with Crippen LogP contribution in [0.5, 0.6) is 5.75 Å². The van der Waals surface area contributed by atoms with Gasteiger partial charge in [-0.2, -0.15) is 5.10 Å². The van der Waals surface area contributed by atoms with E-state index in [-0.39, 0.29) is 17.5 Å². The van der Waals surface area contributed by atoms with Crippen molar-refractivity contribution in [3.05, 3.63) is 36.3 Å². The maximum absolute atomic E-state index is 12.6. The number of hydrogen-bond acceptors (Lipinski definition) is 8. The van der Waals surface area contributed by atoms with Crippen LogP contribution in [0.3, 0.4) is 0 Å². The summed E-state index contributed by atoms with van der Waals surface area (Å²) in [5.41, 5.74) is 2.03. The first-order valence-electron chi connectivity index (χ1n) is 10.9. The predicted molar refractivity (Wildman–Crippen MR) is 124 cm³/mol. The molecule has 1 aliphatic carbocycles. The number of rotatable bonds is 6. The Bertz CT molecular complexity index is 1260. The average Bonchev–Trinajstić information content (AvgIpc) is 3.51. The monoisotopic (exact) mass is 463 g/mol. The minimum Gasteiger partial charge on any atom is -0.494 e. The van der Waals surface area contributed by atoms with Gasteiger partial charge in [-0.15, -0.1) is 10.2 Å². The quantitative estimate of drug-likeness (QED) is 0.505. The second-order valence-electron chi connectivity index (χ2n) is 8.61. The van der Waals surface area contributed by atoms with Crippen molar-refractivity contribution in [1.82, 2.24) is 35.2 Å². The molecule has 12 nitrogen and oxygen atoms in total. The largest absolute Gasteiger partial charge is 0.494 e. The molecule has 176 valence electrons. The molecule has 1 aliphatic heterocycles. The lowest BCUT2D eigenvalue weighted by atomic mass is 9.98. The number of likely N-dealkylation sites (tertiary alicyclic amines) is 1. The van der Waals surface area contributed by atoms with Gasteiger partial charge >= 0.3 is 6.03 Å². The first kappa shape index (κ1) is 21.6. The fourth-order valence-electron chi connectivity index (χ4n) is 4.06. The highest BCUT2D eigenvalue weighted by Gasteiger charge is 2.53. The van der Waals surface area contributed by atoms with E-state index >= 15 is 0 Å². The van der Waals surface area contributed by atoms with Crippen LogP contribution in [0.2, 0.25) is 0 Å². The molecule has 34 heavy (non-hydrogen) atoms. The Kier molecular flexibility index (Phi) is 5.27. The van der Waals surface area contributed by atoms with Crippen molar-refractivity contribution in [2.75, 3.05) is 37.9 Å². The number of hydrogen-bond donors (Lipinski definition) is 3. The van der Waals surface area contributed by atoms with Crippen LogP contribution in [0.1, 0.15) is 23.3 Å². The Hall–Kier alpha value is -4.22. The summed E-state index contributed by atoms with van der Waals surface area (Å²) in [6, 6.07) is 6.81. The molecule has 0 radical (unpaired) electrons. The van der Waals surface area contributed by atoms with Crippen molar-refractivity contribution in [3.8, 4) is 17.1 Å². The average molecular weight is 464 g/mol. The van der Waals surface area contributed by atoms with Crippen molar-refractivity contribution in [2.24, 2.45) is 12.5 Å². The van der Waals surface area contributed by atoms with Gasteiger partial charge in [-0.25, -0.2) is 9.78 Å². The standard InChI is InChI=1S/C22H25N9O3/c1-23-20(32)17-15(9-16(27-28-17)26-21(33)31-10-22(11-31)7-8-22)25-14-6-4-5-13(18(14)34-3)19-24-12-30(2)29-19/h4-6,9,12H,7-8,10-11H2,1-3H3,(H,23,32)(H2,25,26,27,33). The second kappa shape index (κ2) is 8.28. The van der Waals surface area contributed by atoms with Gasteiger partial charge in [0.2, 0.25) is 0 Å². The van der Waals surface area contributed by atoms with E-state index in [1.807, 2.05) is 12.1 Å². The third-order valence-corrected chi connectivity index (χ3v) is 6.10. The normalized spacial score (nSPS) is 15.4. The lowest BCUT2D eigenvalue weighted by molar-refractivity contribution is 0.0958. The molecule has 3 aromatic rings. The molecule has 0 unspecified atom stereocenters. The van der Waals surface area contributed by atoms with Gasteiger partial charge in [0, 0.05) is 38.7 Å². The van der Waals surface area contributed by atoms with Crippen LogP contribution >= 0.6 is 0 Å². The molecule has 5 rings (SSSR count). The summed E-state index contributed by atoms with van der Waals surface area (Å²) in [6.07, 6.45) is 3.96. The van der Waals surface area contributed by atoms with Crippen LogP contribution in [-0.2, 0) is 7.05 Å². The molecular weight excluding hydrogens is 438 g/mol. The topological polar surface area (TPSA) is 139 Å². The van der Waals surface area contributed by atoms with Crippen molar-refractivity contribution in [1.29, 1.82) is 0 Å². The molecule has 1 saturated carbocycles. The number of carbonyl (C=O) groups excluding carboxylic acids is 2. The number of urea groups is 1. The predicted octanol–water partition coefficient (Wildman–Crippen LogP) is 2.01. The summed E-state index contributed by atoms with van der Waals surface area (Å²) in [7, 11) is 4.83. The van der Waals surface area contributed by atoms with Crippen molar-refractivity contribution >= 4 is 29.1 Å². The summed E-state index contributed by atoms with van der Waals surface area (Å²) in [6.45, 7) is 1.53. The first-order valence-corrected chi connectivity index (χ1v) is 10.9. The fraction of sp³-hybridized carbons (Fsp3) is 0.364. The number of aromatic nitrogens is 5. The number of para-hydroxylation sites is 1. The molecule has 2 fully saturated rings. The summed E-state index contributed by atoms with van der Waals surface area (Å²) in [4.78, 5) is 31.1. The molecule has 3 heterocycles. The van der Waals surface area contributed by atoms with E-state index < -0.39 is 5.91 Å². The Morgan fingerprint density at radius 3 is 2.59 bits per heavy atom. The van der Waals surface area contributed by atoms with Crippen molar-refractivity contribution in [2.45, 2.75) is 12.8 Å². The molecule has 1 aromatic carbocycles. The smallest absolute Gasteiger partial charge is 0.323 e. The van der Waals surface area contributed by atoms with Crippen molar-refractivity contribution in [3.63, 3.8) is 0 Å². The third-order valence-electron chi connectivity index (χ3n) is 6.10. The fourth-order valence-corrected chi connectivity index (χ4v) is 4.06. The van der Waals surface area contributed by atoms with Crippen LogP contribution < -0.4 is 20.7 Å². The van der Waals surface area contributed by atoms with Crippen LogP contribution in [0.15, 0.2) is 30.6 Å². The number of ether oxygens (including phenoxy) is 1. The van der Waals surface area contributed by atoms with Crippen LogP contribution in [-0.4, -0.2) is 69.0 Å². The van der Waals surface area contributed by atoms with Gasteiger partial charge < -0.3 is 20.3 Å². The minimum atomic E-state index is -0.423. The molecule has 1 saturated heterocycles.